The van der Waals surface area contributed by atoms with E-state index in [4.69, 9.17) is 0 Å². The number of hydrogen-bond acceptors (Lipinski definition) is 4. The van der Waals surface area contributed by atoms with E-state index in [9.17, 15) is 8.42 Å². The molecule has 1 aromatic heterocycles. The van der Waals surface area contributed by atoms with Crippen molar-refractivity contribution in [2.24, 2.45) is 4.99 Å². The second-order valence-electron chi connectivity index (χ2n) is 6.38. The van der Waals surface area contributed by atoms with E-state index in [0.717, 1.165) is 23.8 Å². The first kappa shape index (κ1) is 22.4. The maximum absolute atomic E-state index is 12.6. The number of aliphatic imine (C=N–C) groups is 1. The van der Waals surface area contributed by atoms with Gasteiger partial charge < -0.3 is 10.2 Å². The summed E-state index contributed by atoms with van der Waals surface area (Å²) in [6, 6.07) is 13.9. The Labute approximate surface area is 173 Å². The number of thiophene rings is 1. The lowest BCUT2D eigenvalue weighted by Crippen LogP contribution is -2.39. The van der Waals surface area contributed by atoms with E-state index in [2.05, 4.69) is 27.3 Å². The molecule has 1 aromatic carbocycles. The molecule has 0 unspecified atom stereocenters. The van der Waals surface area contributed by atoms with Crippen molar-refractivity contribution < 1.29 is 8.42 Å². The Morgan fingerprint density at radius 1 is 1.11 bits per heavy atom. The van der Waals surface area contributed by atoms with Gasteiger partial charge in [0.05, 0.1) is 0 Å². The molecule has 0 spiro atoms. The third-order valence-electron chi connectivity index (χ3n) is 4.43. The van der Waals surface area contributed by atoms with Crippen LogP contribution in [0.25, 0.3) is 0 Å². The Balaban J connectivity index is 1.91. The Bertz CT molecular complexity index is 859. The number of hydrogen-bond donors (Lipinski definition) is 1. The van der Waals surface area contributed by atoms with E-state index < -0.39 is 10.0 Å². The van der Waals surface area contributed by atoms with Gasteiger partial charge in [-0.05, 0) is 24.1 Å². The van der Waals surface area contributed by atoms with Crippen molar-refractivity contribution in [1.29, 1.82) is 0 Å². The molecule has 0 aliphatic carbocycles. The predicted molar refractivity (Wildman–Crippen MR) is 117 cm³/mol. The van der Waals surface area contributed by atoms with Crippen LogP contribution in [-0.4, -0.2) is 57.3 Å². The van der Waals surface area contributed by atoms with Crippen molar-refractivity contribution in [3.05, 3.63) is 52.9 Å². The molecule has 0 bridgehead atoms. The van der Waals surface area contributed by atoms with Gasteiger partial charge in [0.2, 0.25) is 0 Å². The molecule has 0 radical (unpaired) electrons. The summed E-state index contributed by atoms with van der Waals surface area (Å²) in [4.78, 5) is 7.45. The molecule has 6 nitrogen and oxygen atoms in total. The quantitative estimate of drug-likeness (QED) is 0.498. The molecule has 0 saturated carbocycles. The minimum absolute atomic E-state index is 0.414. The normalized spacial score (nSPS) is 12.4. The highest BCUT2D eigenvalue weighted by Crippen LogP contribution is 2.25. The van der Waals surface area contributed by atoms with E-state index in [1.165, 1.54) is 21.2 Å². The standard InChI is InChI=1S/C20H30N4O2S2/c1-5-24(6-2)28(25,26)19-13-12-18(27-19)14-15-22-20(21-3)23(4)16-17-10-8-7-9-11-17/h7-13H,5-6,14-16H2,1-4H3,(H,21,22). The minimum Gasteiger partial charge on any atom is -0.356 e. The highest BCUT2D eigenvalue weighted by Gasteiger charge is 2.23. The Morgan fingerprint density at radius 3 is 2.39 bits per heavy atom. The van der Waals surface area contributed by atoms with Crippen molar-refractivity contribution in [3.8, 4) is 0 Å². The van der Waals surface area contributed by atoms with Crippen LogP contribution in [0.3, 0.4) is 0 Å². The highest BCUT2D eigenvalue weighted by atomic mass is 32.2. The molecule has 28 heavy (non-hydrogen) atoms. The van der Waals surface area contributed by atoms with Crippen LogP contribution in [-0.2, 0) is 23.0 Å². The summed E-state index contributed by atoms with van der Waals surface area (Å²) in [6.45, 7) is 6.15. The van der Waals surface area contributed by atoms with Crippen LogP contribution in [0.1, 0.15) is 24.3 Å². The van der Waals surface area contributed by atoms with Gasteiger partial charge >= 0.3 is 0 Å². The van der Waals surface area contributed by atoms with Crippen LogP contribution in [0.4, 0.5) is 0 Å². The molecule has 0 atom stereocenters. The molecule has 0 saturated heterocycles. The largest absolute Gasteiger partial charge is 0.356 e. The van der Waals surface area contributed by atoms with E-state index in [-0.39, 0.29) is 0 Å². The molecular formula is C20H30N4O2S2. The van der Waals surface area contributed by atoms with Crippen LogP contribution in [0.15, 0.2) is 51.7 Å². The van der Waals surface area contributed by atoms with Crippen LogP contribution in [0.5, 0.6) is 0 Å². The maximum atomic E-state index is 12.6. The lowest BCUT2D eigenvalue weighted by atomic mass is 10.2. The third kappa shape index (κ3) is 5.80. The first-order chi connectivity index (χ1) is 13.4. The number of nitrogens with zero attached hydrogens (tertiary/aromatic N) is 3. The molecule has 0 aliphatic rings. The van der Waals surface area contributed by atoms with Crippen molar-refractivity contribution >= 4 is 27.3 Å². The summed E-state index contributed by atoms with van der Waals surface area (Å²) in [7, 11) is 0.395. The van der Waals surface area contributed by atoms with Crippen LogP contribution in [0, 0.1) is 0 Å². The zero-order valence-electron chi connectivity index (χ0n) is 17.1. The maximum Gasteiger partial charge on any atom is 0.252 e. The van der Waals surface area contributed by atoms with Gasteiger partial charge in [-0.15, -0.1) is 11.3 Å². The lowest BCUT2D eigenvalue weighted by Gasteiger charge is -2.22. The molecule has 1 heterocycles. The topological polar surface area (TPSA) is 65.0 Å². The van der Waals surface area contributed by atoms with Gasteiger partial charge in [0.25, 0.3) is 10.0 Å². The molecule has 2 aromatic rings. The molecule has 0 amide bonds. The van der Waals surface area contributed by atoms with Gasteiger partial charge in [-0.3, -0.25) is 4.99 Å². The molecular weight excluding hydrogens is 392 g/mol. The zero-order valence-corrected chi connectivity index (χ0v) is 18.7. The third-order valence-corrected chi connectivity index (χ3v) is 8.09. The Kier molecular flexibility index (Phi) is 8.47. The average molecular weight is 423 g/mol. The second-order valence-corrected chi connectivity index (χ2v) is 9.71. The van der Waals surface area contributed by atoms with E-state index in [1.807, 2.05) is 45.2 Å². The fraction of sp³-hybridized carbons (Fsp3) is 0.450. The number of rotatable bonds is 9. The number of benzene rings is 1. The summed E-state index contributed by atoms with van der Waals surface area (Å²) in [5.41, 5.74) is 1.22. The fourth-order valence-electron chi connectivity index (χ4n) is 2.94. The Morgan fingerprint density at radius 2 is 1.79 bits per heavy atom. The number of guanidine groups is 1. The van der Waals surface area contributed by atoms with Crippen LogP contribution < -0.4 is 5.32 Å². The van der Waals surface area contributed by atoms with Crippen LogP contribution in [0.2, 0.25) is 0 Å². The predicted octanol–water partition coefficient (Wildman–Crippen LogP) is 3.03. The van der Waals surface area contributed by atoms with Crippen molar-refractivity contribution in [2.75, 3.05) is 33.7 Å². The van der Waals surface area contributed by atoms with Gasteiger partial charge in [-0.25, -0.2) is 8.42 Å². The Hall–Kier alpha value is -1.90. The van der Waals surface area contributed by atoms with Gasteiger partial charge in [0.1, 0.15) is 4.21 Å². The van der Waals surface area contributed by atoms with E-state index in [0.29, 0.717) is 23.8 Å². The second kappa shape index (κ2) is 10.6. The van der Waals surface area contributed by atoms with Gasteiger partial charge in [-0.2, -0.15) is 4.31 Å². The SMILES string of the molecule is CCN(CC)S(=O)(=O)c1ccc(CCNC(=NC)N(C)Cc2ccccc2)s1. The van der Waals surface area contributed by atoms with Crippen molar-refractivity contribution in [1.82, 2.24) is 14.5 Å². The molecule has 0 aliphatic heterocycles. The number of nitrogens with one attached hydrogen (secondary N) is 1. The zero-order chi connectivity index (χ0) is 20.6. The molecule has 0 fully saturated rings. The van der Waals surface area contributed by atoms with Crippen molar-refractivity contribution in [2.45, 2.75) is 31.0 Å². The summed E-state index contributed by atoms with van der Waals surface area (Å²) < 4.78 is 27.1. The first-order valence-electron chi connectivity index (χ1n) is 9.46. The fourth-order valence-corrected chi connectivity index (χ4v) is 5.90. The first-order valence-corrected chi connectivity index (χ1v) is 11.7. The average Bonchev–Trinajstić information content (AvgIpc) is 3.16. The summed E-state index contributed by atoms with van der Waals surface area (Å²) >= 11 is 1.35. The van der Waals surface area contributed by atoms with Crippen molar-refractivity contribution in [3.63, 3.8) is 0 Å². The summed E-state index contributed by atoms with van der Waals surface area (Å²) in [5.74, 6) is 0.816. The molecule has 8 heteroatoms. The monoisotopic (exact) mass is 422 g/mol. The lowest BCUT2D eigenvalue weighted by molar-refractivity contribution is 0.447. The molecule has 2 rings (SSSR count). The highest BCUT2D eigenvalue weighted by molar-refractivity contribution is 7.91. The molecule has 1 N–H and O–H groups in total. The van der Waals surface area contributed by atoms with Gasteiger partial charge in [0.15, 0.2) is 5.96 Å². The minimum atomic E-state index is -3.37. The van der Waals surface area contributed by atoms with E-state index >= 15 is 0 Å². The number of sulfonamides is 1. The summed E-state index contributed by atoms with van der Waals surface area (Å²) in [6.07, 6.45) is 0.747. The summed E-state index contributed by atoms with van der Waals surface area (Å²) in [5, 5.41) is 3.35. The van der Waals surface area contributed by atoms with Crippen LogP contribution >= 0.6 is 11.3 Å². The van der Waals surface area contributed by atoms with E-state index in [1.54, 1.807) is 13.1 Å². The molecule has 154 valence electrons. The van der Waals surface area contributed by atoms with Gasteiger partial charge in [0, 0.05) is 45.2 Å². The smallest absolute Gasteiger partial charge is 0.252 e. The van der Waals surface area contributed by atoms with Gasteiger partial charge in [-0.1, -0.05) is 44.2 Å².